The monoisotopic (exact) mass is 336 g/mol. The number of hydrogen-bond acceptors (Lipinski definition) is 5. The van der Waals surface area contributed by atoms with E-state index in [1.165, 1.54) is 29.1 Å². The van der Waals surface area contributed by atoms with Crippen molar-refractivity contribution < 1.29 is 9.72 Å². The van der Waals surface area contributed by atoms with E-state index >= 15 is 0 Å². The molecule has 9 heteroatoms. The van der Waals surface area contributed by atoms with Gasteiger partial charge in [0.25, 0.3) is 17.2 Å². The van der Waals surface area contributed by atoms with E-state index in [0.29, 0.717) is 19.5 Å². The summed E-state index contributed by atoms with van der Waals surface area (Å²) in [6.45, 7) is 0.684. The summed E-state index contributed by atoms with van der Waals surface area (Å²) in [5, 5.41) is 17.2. The van der Waals surface area contributed by atoms with Crippen molar-refractivity contribution in [1.29, 1.82) is 0 Å². The highest BCUT2D eigenvalue weighted by Gasteiger charge is 2.14. The molecule has 0 spiro atoms. The summed E-state index contributed by atoms with van der Waals surface area (Å²) in [5.41, 5.74) is -0.231. The van der Waals surface area contributed by atoms with Crippen LogP contribution in [0.1, 0.15) is 16.8 Å². The maximum atomic E-state index is 12.0. The van der Waals surface area contributed by atoms with Crippen molar-refractivity contribution in [3.63, 3.8) is 0 Å². The van der Waals surface area contributed by atoms with E-state index in [1.807, 2.05) is 0 Å². The lowest BCUT2D eigenvalue weighted by Crippen LogP contribution is -2.27. The molecule has 0 aliphatic carbocycles. The van der Waals surface area contributed by atoms with Crippen molar-refractivity contribution in [3.8, 4) is 0 Å². The summed E-state index contributed by atoms with van der Waals surface area (Å²) in [7, 11) is 0. The number of aromatic nitrogens is 2. The third-order valence-corrected chi connectivity index (χ3v) is 3.34. The molecule has 1 aromatic heterocycles. The van der Waals surface area contributed by atoms with Gasteiger partial charge < -0.3 is 5.32 Å². The number of rotatable bonds is 6. The first-order valence-electron chi connectivity index (χ1n) is 6.73. The first-order valence-corrected chi connectivity index (χ1v) is 7.11. The maximum Gasteiger partial charge on any atom is 0.270 e. The molecule has 1 aromatic carbocycles. The minimum Gasteiger partial charge on any atom is -0.352 e. The fraction of sp³-hybridized carbons (Fsp3) is 0.214. The normalized spacial score (nSPS) is 10.3. The summed E-state index contributed by atoms with van der Waals surface area (Å²) in [6.07, 6.45) is 2.02. The lowest BCUT2D eigenvalue weighted by Gasteiger charge is -2.07. The molecule has 120 valence electrons. The SMILES string of the molecule is O=C(NCCCn1ncccc1=O)c1ccc([N+](=O)[O-])cc1Cl. The van der Waals surface area contributed by atoms with Gasteiger partial charge in [0.05, 0.1) is 15.5 Å². The second-order valence-corrected chi connectivity index (χ2v) is 5.02. The molecule has 0 unspecified atom stereocenters. The Morgan fingerprint density at radius 3 is 2.83 bits per heavy atom. The van der Waals surface area contributed by atoms with Crippen molar-refractivity contribution in [1.82, 2.24) is 15.1 Å². The zero-order valence-electron chi connectivity index (χ0n) is 11.9. The van der Waals surface area contributed by atoms with E-state index < -0.39 is 10.8 Å². The van der Waals surface area contributed by atoms with E-state index in [4.69, 9.17) is 11.6 Å². The van der Waals surface area contributed by atoms with Gasteiger partial charge in [0.15, 0.2) is 0 Å². The number of nitrogens with zero attached hydrogens (tertiary/aromatic N) is 3. The van der Waals surface area contributed by atoms with E-state index in [2.05, 4.69) is 10.4 Å². The Labute approximate surface area is 135 Å². The fourth-order valence-corrected chi connectivity index (χ4v) is 2.14. The number of non-ortho nitro benzene ring substituents is 1. The Morgan fingerprint density at radius 1 is 1.39 bits per heavy atom. The predicted molar refractivity (Wildman–Crippen MR) is 83.6 cm³/mol. The number of nitrogens with one attached hydrogen (secondary N) is 1. The molecule has 0 aliphatic heterocycles. The molecule has 0 radical (unpaired) electrons. The summed E-state index contributed by atoms with van der Waals surface area (Å²) in [4.78, 5) is 33.5. The number of hydrogen-bond donors (Lipinski definition) is 1. The second kappa shape index (κ2) is 7.50. The number of benzene rings is 1. The van der Waals surface area contributed by atoms with E-state index in [-0.39, 0.29) is 21.8 Å². The minimum absolute atomic E-state index is 0.0117. The van der Waals surface area contributed by atoms with Gasteiger partial charge in [-0.2, -0.15) is 5.10 Å². The van der Waals surface area contributed by atoms with Crippen molar-refractivity contribution in [3.05, 3.63) is 67.6 Å². The average Bonchev–Trinajstić information content (AvgIpc) is 2.52. The van der Waals surface area contributed by atoms with Crippen LogP contribution in [0.2, 0.25) is 5.02 Å². The van der Waals surface area contributed by atoms with Gasteiger partial charge >= 0.3 is 0 Å². The molecule has 0 fully saturated rings. The van der Waals surface area contributed by atoms with Crippen LogP contribution in [0.25, 0.3) is 0 Å². The van der Waals surface area contributed by atoms with Gasteiger partial charge in [-0.25, -0.2) is 4.68 Å². The van der Waals surface area contributed by atoms with Gasteiger partial charge in [0.2, 0.25) is 0 Å². The van der Waals surface area contributed by atoms with Gasteiger partial charge in [0.1, 0.15) is 0 Å². The molecule has 0 saturated carbocycles. The van der Waals surface area contributed by atoms with E-state index in [1.54, 1.807) is 6.07 Å². The van der Waals surface area contributed by atoms with Crippen LogP contribution in [0.15, 0.2) is 41.3 Å². The Hall–Kier alpha value is -2.74. The molecule has 2 aromatic rings. The lowest BCUT2D eigenvalue weighted by atomic mass is 10.2. The Morgan fingerprint density at radius 2 is 2.17 bits per heavy atom. The molecule has 1 N–H and O–H groups in total. The molecule has 1 heterocycles. The summed E-state index contributed by atoms with van der Waals surface area (Å²) in [6, 6.07) is 6.61. The van der Waals surface area contributed by atoms with Gasteiger partial charge in [-0.15, -0.1) is 0 Å². The van der Waals surface area contributed by atoms with Crippen molar-refractivity contribution in [2.45, 2.75) is 13.0 Å². The number of halogens is 1. The maximum absolute atomic E-state index is 12.0. The van der Waals surface area contributed by atoms with E-state index in [0.717, 1.165) is 6.07 Å². The van der Waals surface area contributed by atoms with Crippen LogP contribution in [0.5, 0.6) is 0 Å². The van der Waals surface area contributed by atoms with Crippen LogP contribution in [-0.4, -0.2) is 27.2 Å². The number of carbonyl (C=O) groups excluding carboxylic acids is 1. The Kier molecular flexibility index (Phi) is 5.42. The van der Waals surface area contributed by atoms with Gasteiger partial charge in [-0.05, 0) is 18.6 Å². The number of aryl methyl sites for hydroxylation is 1. The van der Waals surface area contributed by atoms with Crippen LogP contribution in [-0.2, 0) is 6.54 Å². The molecular weight excluding hydrogens is 324 g/mol. The smallest absolute Gasteiger partial charge is 0.270 e. The number of carbonyl (C=O) groups is 1. The molecule has 2 rings (SSSR count). The molecule has 8 nitrogen and oxygen atoms in total. The highest BCUT2D eigenvalue weighted by Crippen LogP contribution is 2.22. The largest absolute Gasteiger partial charge is 0.352 e. The quantitative estimate of drug-likeness (QED) is 0.490. The first-order chi connectivity index (χ1) is 11.0. The molecule has 23 heavy (non-hydrogen) atoms. The van der Waals surface area contributed by atoms with Gasteiger partial charge in [-0.3, -0.25) is 19.7 Å². The Balaban J connectivity index is 1.89. The standard InChI is InChI=1S/C14H13ClN4O4/c15-12-9-10(19(22)23)4-5-11(12)14(21)16-6-2-8-18-13(20)3-1-7-17-18/h1,3-5,7,9H,2,6,8H2,(H,16,21). The van der Waals surface area contributed by atoms with Crippen LogP contribution >= 0.6 is 11.6 Å². The summed E-state index contributed by atoms with van der Waals surface area (Å²) in [5.74, 6) is -0.432. The Bertz CT molecular complexity index is 790. The second-order valence-electron chi connectivity index (χ2n) is 4.62. The lowest BCUT2D eigenvalue weighted by molar-refractivity contribution is -0.384. The van der Waals surface area contributed by atoms with Gasteiger partial charge in [0, 0.05) is 37.5 Å². The fourth-order valence-electron chi connectivity index (χ4n) is 1.88. The van der Waals surface area contributed by atoms with E-state index in [9.17, 15) is 19.7 Å². The van der Waals surface area contributed by atoms with Gasteiger partial charge in [-0.1, -0.05) is 11.6 Å². The highest BCUT2D eigenvalue weighted by atomic mass is 35.5. The van der Waals surface area contributed by atoms with Crippen LogP contribution in [0, 0.1) is 10.1 Å². The molecular formula is C14H13ClN4O4. The van der Waals surface area contributed by atoms with Crippen LogP contribution in [0.3, 0.4) is 0 Å². The van der Waals surface area contributed by atoms with Crippen molar-refractivity contribution >= 4 is 23.2 Å². The highest BCUT2D eigenvalue weighted by molar-refractivity contribution is 6.34. The molecule has 0 bridgehead atoms. The molecule has 0 atom stereocenters. The zero-order valence-corrected chi connectivity index (χ0v) is 12.7. The van der Waals surface area contributed by atoms with Crippen LogP contribution in [0.4, 0.5) is 5.69 Å². The van der Waals surface area contributed by atoms with Crippen molar-refractivity contribution in [2.75, 3.05) is 6.54 Å². The number of nitro groups is 1. The zero-order chi connectivity index (χ0) is 16.8. The number of nitro benzene ring substituents is 1. The summed E-state index contributed by atoms with van der Waals surface area (Å²) < 4.78 is 1.30. The van der Waals surface area contributed by atoms with Crippen molar-refractivity contribution in [2.24, 2.45) is 0 Å². The molecule has 1 amide bonds. The average molecular weight is 337 g/mol. The third kappa shape index (κ3) is 4.36. The minimum atomic E-state index is -0.585. The first kappa shape index (κ1) is 16.6. The third-order valence-electron chi connectivity index (χ3n) is 3.03. The molecule has 0 aliphatic rings. The summed E-state index contributed by atoms with van der Waals surface area (Å²) >= 11 is 5.88. The van der Waals surface area contributed by atoms with Crippen LogP contribution < -0.4 is 10.9 Å². The topological polar surface area (TPSA) is 107 Å². The predicted octanol–water partition coefficient (Wildman–Crippen LogP) is 1.62. The number of amides is 1. The molecule has 0 saturated heterocycles.